The minimum absolute atomic E-state index is 0.0392. The first kappa shape index (κ1) is 22.5. The normalized spacial score (nSPS) is 11.2. The van der Waals surface area contributed by atoms with Crippen LogP contribution >= 0.6 is 27.5 Å². The van der Waals surface area contributed by atoms with Crippen LogP contribution in [-0.2, 0) is 11.0 Å². The molecule has 3 N–H and O–H groups in total. The highest BCUT2D eigenvalue weighted by Gasteiger charge is 2.32. The lowest BCUT2D eigenvalue weighted by molar-refractivity contribution is -0.137. The number of rotatable bonds is 5. The van der Waals surface area contributed by atoms with E-state index in [0.29, 0.717) is 10.7 Å². The zero-order valence-corrected chi connectivity index (χ0v) is 17.9. The molecule has 0 saturated carbocycles. The number of alkyl halides is 3. The largest absolute Gasteiger partial charge is 0.416 e. The van der Waals surface area contributed by atoms with Crippen LogP contribution in [0, 0.1) is 6.92 Å². The lowest BCUT2D eigenvalue weighted by Crippen LogP contribution is -2.18. The molecule has 0 saturated heterocycles. The molecule has 0 bridgehead atoms. The molecule has 0 aliphatic heterocycles. The molecule has 3 aromatic rings. The molecule has 160 valence electrons. The van der Waals surface area contributed by atoms with Crippen LogP contribution in [0.5, 0.6) is 0 Å². The van der Waals surface area contributed by atoms with Crippen molar-refractivity contribution < 1.29 is 22.8 Å². The van der Waals surface area contributed by atoms with Gasteiger partial charge < -0.3 is 11.1 Å². The Morgan fingerprint density at radius 3 is 2.61 bits per heavy atom. The molecule has 0 fully saturated rings. The summed E-state index contributed by atoms with van der Waals surface area (Å²) in [7, 11) is 0. The van der Waals surface area contributed by atoms with Gasteiger partial charge in [-0.3, -0.25) is 4.79 Å². The number of primary amides is 1. The van der Waals surface area contributed by atoms with Crippen molar-refractivity contribution >= 4 is 50.8 Å². The summed E-state index contributed by atoms with van der Waals surface area (Å²) in [6.07, 6.45) is -3.22. The van der Waals surface area contributed by atoms with E-state index in [0.717, 1.165) is 6.07 Å². The van der Waals surface area contributed by atoms with E-state index in [4.69, 9.17) is 17.3 Å². The Hall–Kier alpha value is -3.14. The molecular weight excluding hydrogens is 503 g/mol. The van der Waals surface area contributed by atoms with Gasteiger partial charge in [-0.2, -0.15) is 18.3 Å². The molecule has 2 heterocycles. The van der Waals surface area contributed by atoms with Crippen LogP contribution < -0.4 is 11.1 Å². The van der Waals surface area contributed by atoms with Crippen molar-refractivity contribution in [2.45, 2.75) is 13.1 Å². The maximum atomic E-state index is 13.1. The lowest BCUT2D eigenvalue weighted by atomic mass is 10.0. The third-order valence-corrected chi connectivity index (χ3v) is 4.84. The van der Waals surface area contributed by atoms with Crippen LogP contribution in [0.25, 0.3) is 11.5 Å². The Bertz CT molecular complexity index is 1240. The Kier molecular flexibility index (Phi) is 6.21. The fourth-order valence-electron chi connectivity index (χ4n) is 2.80. The fourth-order valence-corrected chi connectivity index (χ4v) is 3.38. The molecule has 0 radical (unpaired) electrons. The SMILES string of the molecule is Cc1cc(C(F)(F)F)cc(C(N)=O)c1NC(=C=O)c1cc(Br)nn1-c1ncccc1Cl. The number of carbonyl (C=O) groups is 1. The van der Waals surface area contributed by atoms with E-state index in [-0.39, 0.29) is 33.5 Å². The van der Waals surface area contributed by atoms with Crippen molar-refractivity contribution in [3.8, 4) is 5.82 Å². The maximum Gasteiger partial charge on any atom is 0.416 e. The Balaban J connectivity index is 2.13. The molecule has 0 unspecified atom stereocenters. The highest BCUT2D eigenvalue weighted by Crippen LogP contribution is 2.35. The Morgan fingerprint density at radius 2 is 2.03 bits per heavy atom. The van der Waals surface area contributed by atoms with E-state index >= 15 is 0 Å². The second-order valence-electron chi connectivity index (χ2n) is 6.25. The number of aryl methyl sites for hydroxylation is 1. The molecule has 3 rings (SSSR count). The minimum Gasteiger partial charge on any atom is -0.366 e. The number of nitrogens with one attached hydrogen (secondary N) is 1. The maximum absolute atomic E-state index is 13.1. The third-order valence-electron chi connectivity index (χ3n) is 4.16. The van der Waals surface area contributed by atoms with Gasteiger partial charge in [0.15, 0.2) is 17.5 Å². The number of halogens is 5. The number of nitrogens with two attached hydrogens (primary N) is 1. The molecule has 0 spiro atoms. The second-order valence-corrected chi connectivity index (χ2v) is 7.47. The monoisotopic (exact) mass is 513 g/mol. The number of aromatic nitrogens is 3. The van der Waals surface area contributed by atoms with Crippen molar-refractivity contribution in [2.75, 3.05) is 5.32 Å². The number of benzene rings is 1. The van der Waals surface area contributed by atoms with E-state index in [1.54, 1.807) is 18.1 Å². The van der Waals surface area contributed by atoms with E-state index in [1.807, 2.05) is 0 Å². The van der Waals surface area contributed by atoms with Crippen molar-refractivity contribution in [1.29, 1.82) is 0 Å². The average molecular weight is 515 g/mol. The van der Waals surface area contributed by atoms with Crippen molar-refractivity contribution in [2.24, 2.45) is 5.73 Å². The number of pyridine rings is 1. The van der Waals surface area contributed by atoms with Crippen LogP contribution in [0.4, 0.5) is 18.9 Å². The zero-order chi connectivity index (χ0) is 22.9. The molecule has 1 amide bonds. The highest BCUT2D eigenvalue weighted by atomic mass is 79.9. The number of hydrogen-bond acceptors (Lipinski definition) is 5. The van der Waals surface area contributed by atoms with Crippen LogP contribution in [0.1, 0.15) is 27.2 Å². The van der Waals surface area contributed by atoms with Gasteiger partial charge in [-0.25, -0.2) is 14.5 Å². The summed E-state index contributed by atoms with van der Waals surface area (Å²) < 4.78 is 41.0. The second kappa shape index (κ2) is 8.54. The van der Waals surface area contributed by atoms with Crippen molar-refractivity contribution in [3.05, 3.63) is 68.5 Å². The molecule has 0 aliphatic rings. The van der Waals surface area contributed by atoms with Crippen LogP contribution in [0.15, 0.2) is 41.1 Å². The van der Waals surface area contributed by atoms with Gasteiger partial charge in [-0.15, -0.1) is 0 Å². The molecule has 31 heavy (non-hydrogen) atoms. The van der Waals surface area contributed by atoms with Gasteiger partial charge in [0, 0.05) is 12.3 Å². The smallest absolute Gasteiger partial charge is 0.366 e. The first-order chi connectivity index (χ1) is 14.5. The summed E-state index contributed by atoms with van der Waals surface area (Å²) >= 11 is 9.36. The summed E-state index contributed by atoms with van der Waals surface area (Å²) in [5, 5.41) is 7.07. The number of anilines is 1. The third kappa shape index (κ3) is 4.63. The van der Waals surface area contributed by atoms with E-state index in [2.05, 4.69) is 31.3 Å². The first-order valence-electron chi connectivity index (χ1n) is 8.43. The molecule has 7 nitrogen and oxygen atoms in total. The van der Waals surface area contributed by atoms with E-state index in [1.165, 1.54) is 23.9 Å². The average Bonchev–Trinajstić information content (AvgIpc) is 3.07. The van der Waals surface area contributed by atoms with Gasteiger partial charge in [-0.05, 0) is 52.7 Å². The zero-order valence-electron chi connectivity index (χ0n) is 15.6. The fraction of sp³-hybridized carbons (Fsp3) is 0.105. The molecule has 2 aromatic heterocycles. The predicted octanol–water partition coefficient (Wildman–Crippen LogP) is 4.39. The number of hydrogen-bond donors (Lipinski definition) is 2. The van der Waals surface area contributed by atoms with E-state index in [9.17, 15) is 22.8 Å². The topological polar surface area (TPSA) is 103 Å². The van der Waals surface area contributed by atoms with Crippen molar-refractivity contribution in [1.82, 2.24) is 14.8 Å². The lowest BCUT2D eigenvalue weighted by Gasteiger charge is -2.17. The van der Waals surface area contributed by atoms with Crippen molar-refractivity contribution in [3.63, 3.8) is 0 Å². The van der Waals surface area contributed by atoms with Gasteiger partial charge in [0.05, 0.1) is 21.8 Å². The summed E-state index contributed by atoms with van der Waals surface area (Å²) in [5.41, 5.74) is 3.67. The van der Waals surface area contributed by atoms with Crippen LogP contribution in [0.2, 0.25) is 5.02 Å². The number of carbonyl (C=O) groups excluding carboxylic acids is 2. The highest BCUT2D eigenvalue weighted by molar-refractivity contribution is 9.10. The summed E-state index contributed by atoms with van der Waals surface area (Å²) in [5.74, 6) is 0.763. The summed E-state index contributed by atoms with van der Waals surface area (Å²) in [6.45, 7) is 1.34. The Labute approximate surface area is 186 Å². The van der Waals surface area contributed by atoms with Gasteiger partial charge in [0.1, 0.15) is 10.3 Å². The van der Waals surface area contributed by atoms with Gasteiger partial charge in [0.2, 0.25) is 0 Å². The quantitative estimate of drug-likeness (QED) is 0.492. The molecule has 1 aromatic carbocycles. The summed E-state index contributed by atoms with van der Waals surface area (Å²) in [6, 6.07) is 6.06. The van der Waals surface area contributed by atoms with E-state index < -0.39 is 23.2 Å². The van der Waals surface area contributed by atoms with Gasteiger partial charge in [0.25, 0.3) is 5.91 Å². The number of nitrogens with zero attached hydrogens (tertiary/aromatic N) is 3. The Morgan fingerprint density at radius 1 is 1.32 bits per heavy atom. The van der Waals surface area contributed by atoms with Gasteiger partial charge in [-0.1, -0.05) is 11.6 Å². The minimum atomic E-state index is -4.68. The standard InChI is InChI=1S/C19H12BrClF3N5O2/c1-9-5-10(19(22,23)24)6-11(17(25)31)16(9)27-13(8-30)14-7-15(20)28-29(14)18-12(21)3-2-4-26-18/h2-7,27H,1H3,(H2,25,31). The van der Waals surface area contributed by atoms with Crippen LogP contribution in [-0.4, -0.2) is 26.6 Å². The molecule has 0 aliphatic carbocycles. The van der Waals surface area contributed by atoms with Crippen LogP contribution in [0.3, 0.4) is 0 Å². The molecule has 0 atom stereocenters. The number of amides is 1. The molecule has 12 heteroatoms. The molecular formula is C19H12BrClF3N5O2. The first-order valence-corrected chi connectivity index (χ1v) is 9.60. The predicted molar refractivity (Wildman–Crippen MR) is 111 cm³/mol. The van der Waals surface area contributed by atoms with Gasteiger partial charge >= 0.3 is 6.18 Å². The summed E-state index contributed by atoms with van der Waals surface area (Å²) in [4.78, 5) is 27.8.